The van der Waals surface area contributed by atoms with Crippen LogP contribution in [0.4, 0.5) is 5.82 Å². The second kappa shape index (κ2) is 4.36. The number of nitrogens with zero attached hydrogens (tertiary/aromatic N) is 2. The molecule has 0 aliphatic rings. The van der Waals surface area contributed by atoms with Crippen LogP contribution in [0.5, 0.6) is 0 Å². The van der Waals surface area contributed by atoms with Crippen molar-refractivity contribution in [1.82, 2.24) is 14.8 Å². The molecule has 0 unspecified atom stereocenters. The minimum absolute atomic E-state index is 0.00240. The third-order valence-electron chi connectivity index (χ3n) is 2.51. The molecule has 0 saturated heterocycles. The van der Waals surface area contributed by atoms with Gasteiger partial charge in [0.15, 0.2) is 0 Å². The first kappa shape index (κ1) is 11.9. The molecule has 2 aromatic heterocycles. The zero-order valence-electron chi connectivity index (χ0n) is 9.89. The quantitative estimate of drug-likeness (QED) is 0.754. The third kappa shape index (κ3) is 1.97. The monoisotopic (exact) mass is 248 g/mol. The van der Waals surface area contributed by atoms with Crippen LogP contribution in [-0.4, -0.2) is 31.7 Å². The highest BCUT2D eigenvalue weighted by Crippen LogP contribution is 2.19. The number of amides is 1. The number of hydrogen-bond donors (Lipinski definition) is 3. The van der Waals surface area contributed by atoms with Gasteiger partial charge in [0, 0.05) is 13.2 Å². The van der Waals surface area contributed by atoms with E-state index >= 15 is 0 Å². The molecule has 0 aromatic carbocycles. The van der Waals surface area contributed by atoms with Crippen LogP contribution in [0, 0.1) is 6.92 Å². The topological polar surface area (TPSA) is 100 Å². The highest BCUT2D eigenvalue weighted by atomic mass is 16.4. The lowest BCUT2D eigenvalue weighted by atomic mass is 10.2. The van der Waals surface area contributed by atoms with Crippen LogP contribution < -0.4 is 5.32 Å². The Labute approximate surface area is 102 Å². The largest absolute Gasteiger partial charge is 0.477 e. The molecular formula is C11H12N4O3. The van der Waals surface area contributed by atoms with E-state index in [1.807, 2.05) is 0 Å². The van der Waals surface area contributed by atoms with E-state index in [9.17, 15) is 9.59 Å². The average Bonchev–Trinajstić information content (AvgIpc) is 2.87. The fraction of sp³-hybridized carbons (Fsp3) is 0.182. The van der Waals surface area contributed by atoms with Crippen LogP contribution >= 0.6 is 0 Å². The van der Waals surface area contributed by atoms with Crippen LogP contribution in [-0.2, 0) is 7.05 Å². The van der Waals surface area contributed by atoms with Gasteiger partial charge in [0.25, 0.3) is 5.91 Å². The molecule has 2 rings (SSSR count). The first-order valence-electron chi connectivity index (χ1n) is 5.22. The lowest BCUT2D eigenvalue weighted by Crippen LogP contribution is -2.17. The number of H-pyrrole nitrogens is 1. The maximum atomic E-state index is 11.8. The van der Waals surface area contributed by atoms with E-state index in [0.29, 0.717) is 11.4 Å². The lowest BCUT2D eigenvalue weighted by Gasteiger charge is -2.05. The summed E-state index contributed by atoms with van der Waals surface area (Å²) in [5, 5.41) is 15.6. The molecule has 3 N–H and O–H groups in total. The van der Waals surface area contributed by atoms with Gasteiger partial charge in [-0.25, -0.2) is 4.79 Å². The molecule has 2 heterocycles. The fourth-order valence-electron chi connectivity index (χ4n) is 1.70. The van der Waals surface area contributed by atoms with Crippen molar-refractivity contribution >= 4 is 17.7 Å². The van der Waals surface area contributed by atoms with Gasteiger partial charge in [-0.3, -0.25) is 9.48 Å². The second-order valence-corrected chi connectivity index (χ2v) is 3.78. The Bertz CT molecular complexity index is 598. The van der Waals surface area contributed by atoms with Crippen molar-refractivity contribution in [2.75, 3.05) is 5.32 Å². The van der Waals surface area contributed by atoms with Crippen LogP contribution in [0.1, 0.15) is 26.5 Å². The third-order valence-corrected chi connectivity index (χ3v) is 2.51. The average molecular weight is 248 g/mol. The molecule has 0 spiro atoms. The number of carboxylic acid groups (broad SMARTS) is 1. The maximum absolute atomic E-state index is 11.8. The summed E-state index contributed by atoms with van der Waals surface area (Å²) in [5.41, 5.74) is 0.703. The Balaban J connectivity index is 2.35. The normalized spacial score (nSPS) is 10.3. The van der Waals surface area contributed by atoms with Gasteiger partial charge in [-0.15, -0.1) is 0 Å². The van der Waals surface area contributed by atoms with E-state index in [2.05, 4.69) is 15.4 Å². The first-order chi connectivity index (χ1) is 8.50. The zero-order chi connectivity index (χ0) is 13.3. The van der Waals surface area contributed by atoms with Crippen LogP contribution in [0.25, 0.3) is 0 Å². The van der Waals surface area contributed by atoms with Crippen LogP contribution in [0.15, 0.2) is 18.3 Å². The molecule has 94 valence electrons. The Kier molecular flexibility index (Phi) is 2.88. The minimum atomic E-state index is -1.12. The smallest absolute Gasteiger partial charge is 0.341 e. The zero-order valence-corrected chi connectivity index (χ0v) is 9.89. The molecule has 0 aliphatic heterocycles. The summed E-state index contributed by atoms with van der Waals surface area (Å²) in [5.74, 6) is -1.37. The molecule has 0 saturated carbocycles. The predicted octanol–water partition coefficient (Wildman–Crippen LogP) is 1.01. The van der Waals surface area contributed by atoms with Crippen LogP contribution in [0.2, 0.25) is 0 Å². The molecule has 2 aromatic rings. The van der Waals surface area contributed by atoms with Gasteiger partial charge in [-0.2, -0.15) is 5.10 Å². The second-order valence-electron chi connectivity index (χ2n) is 3.78. The van der Waals surface area contributed by atoms with Crippen molar-refractivity contribution < 1.29 is 14.7 Å². The van der Waals surface area contributed by atoms with Gasteiger partial charge >= 0.3 is 5.97 Å². The Morgan fingerprint density at radius 2 is 2.22 bits per heavy atom. The van der Waals surface area contributed by atoms with Gasteiger partial charge < -0.3 is 15.4 Å². The SMILES string of the molecule is Cc1nn(C)c(NC(=O)c2ccc[nH]2)c1C(=O)O. The summed E-state index contributed by atoms with van der Waals surface area (Å²) in [7, 11) is 1.57. The van der Waals surface area contributed by atoms with Crippen molar-refractivity contribution in [1.29, 1.82) is 0 Å². The summed E-state index contributed by atoms with van der Waals surface area (Å²) in [6.07, 6.45) is 1.61. The van der Waals surface area contributed by atoms with Crippen LogP contribution in [0.3, 0.4) is 0 Å². The number of aryl methyl sites for hydroxylation is 2. The molecule has 7 nitrogen and oxygen atoms in total. The number of nitrogens with one attached hydrogen (secondary N) is 2. The molecule has 7 heteroatoms. The summed E-state index contributed by atoms with van der Waals surface area (Å²) in [4.78, 5) is 25.7. The van der Waals surface area contributed by atoms with Crippen molar-refractivity contribution in [2.24, 2.45) is 7.05 Å². The fourth-order valence-corrected chi connectivity index (χ4v) is 1.70. The first-order valence-corrected chi connectivity index (χ1v) is 5.22. The van der Waals surface area contributed by atoms with Gasteiger partial charge in [0.05, 0.1) is 5.69 Å². The predicted molar refractivity (Wildman–Crippen MR) is 63.7 cm³/mol. The molecule has 0 bridgehead atoms. The molecule has 0 aliphatic carbocycles. The van der Waals surface area contributed by atoms with Gasteiger partial charge in [-0.1, -0.05) is 0 Å². The molecule has 1 amide bonds. The summed E-state index contributed by atoms with van der Waals surface area (Å²) >= 11 is 0. The van der Waals surface area contributed by atoms with E-state index in [4.69, 9.17) is 5.11 Å². The van der Waals surface area contributed by atoms with E-state index in [1.54, 1.807) is 32.3 Å². The standard InChI is InChI=1S/C11H12N4O3/c1-6-8(11(17)18)9(15(2)14-6)13-10(16)7-4-3-5-12-7/h3-5,12H,1-2H3,(H,13,16)(H,17,18). The molecular weight excluding hydrogens is 236 g/mol. The molecule has 0 atom stereocenters. The van der Waals surface area contributed by atoms with Gasteiger partial charge in [-0.05, 0) is 19.1 Å². The number of aromatic amines is 1. The van der Waals surface area contributed by atoms with Crippen molar-refractivity contribution in [3.05, 3.63) is 35.3 Å². The number of carboxylic acids is 1. The van der Waals surface area contributed by atoms with Crippen molar-refractivity contribution in [2.45, 2.75) is 6.92 Å². The highest BCUT2D eigenvalue weighted by molar-refractivity contribution is 6.06. The lowest BCUT2D eigenvalue weighted by molar-refractivity contribution is 0.0697. The summed E-state index contributed by atoms with van der Waals surface area (Å²) in [6, 6.07) is 3.28. The van der Waals surface area contributed by atoms with E-state index in [0.717, 1.165) is 0 Å². The Morgan fingerprint density at radius 3 is 2.78 bits per heavy atom. The van der Waals surface area contributed by atoms with Crippen molar-refractivity contribution in [3.63, 3.8) is 0 Å². The maximum Gasteiger partial charge on any atom is 0.341 e. The number of aromatic carboxylic acids is 1. The van der Waals surface area contributed by atoms with Gasteiger partial charge in [0.2, 0.25) is 0 Å². The molecule has 0 fully saturated rings. The summed E-state index contributed by atoms with van der Waals surface area (Å²) < 4.78 is 1.33. The Morgan fingerprint density at radius 1 is 1.50 bits per heavy atom. The number of anilines is 1. The highest BCUT2D eigenvalue weighted by Gasteiger charge is 2.21. The summed E-state index contributed by atoms with van der Waals surface area (Å²) in [6.45, 7) is 1.58. The van der Waals surface area contributed by atoms with Gasteiger partial charge in [0.1, 0.15) is 17.1 Å². The van der Waals surface area contributed by atoms with E-state index in [-0.39, 0.29) is 11.4 Å². The van der Waals surface area contributed by atoms with E-state index in [1.165, 1.54) is 4.68 Å². The van der Waals surface area contributed by atoms with Crippen molar-refractivity contribution in [3.8, 4) is 0 Å². The molecule has 0 radical (unpaired) electrons. The number of carbonyl (C=O) groups excluding carboxylic acids is 1. The Hall–Kier alpha value is -2.57. The number of rotatable bonds is 3. The number of carbonyl (C=O) groups is 2. The molecule has 18 heavy (non-hydrogen) atoms. The minimum Gasteiger partial charge on any atom is -0.477 e. The number of aromatic nitrogens is 3. The number of hydrogen-bond acceptors (Lipinski definition) is 3. The van der Waals surface area contributed by atoms with E-state index < -0.39 is 11.9 Å².